The Labute approximate surface area is 120 Å². The normalized spacial score (nSPS) is 11.0. The predicted molar refractivity (Wildman–Crippen MR) is 81.6 cm³/mol. The molecule has 4 nitrogen and oxygen atoms in total. The first-order valence-corrected chi connectivity index (χ1v) is 6.83. The van der Waals surface area contributed by atoms with Gasteiger partial charge in [0.05, 0.1) is 6.61 Å². The summed E-state index contributed by atoms with van der Waals surface area (Å²) in [5, 5.41) is 8.99. The van der Waals surface area contributed by atoms with Crippen LogP contribution < -0.4 is 10.5 Å². The third-order valence-corrected chi connectivity index (χ3v) is 3.12. The van der Waals surface area contributed by atoms with E-state index in [-0.39, 0.29) is 6.61 Å². The second kappa shape index (κ2) is 8.09. The van der Waals surface area contributed by atoms with E-state index in [0.717, 1.165) is 17.9 Å². The summed E-state index contributed by atoms with van der Waals surface area (Å²) >= 11 is 4.93. The van der Waals surface area contributed by atoms with Crippen molar-refractivity contribution in [2.75, 3.05) is 26.3 Å². The Kier molecular flexibility index (Phi) is 6.77. The molecule has 0 aliphatic heterocycles. The van der Waals surface area contributed by atoms with Crippen LogP contribution in [0.15, 0.2) is 24.3 Å². The summed E-state index contributed by atoms with van der Waals surface area (Å²) in [6, 6.07) is 7.85. The van der Waals surface area contributed by atoms with Gasteiger partial charge in [0.25, 0.3) is 0 Å². The molecule has 19 heavy (non-hydrogen) atoms. The first kappa shape index (κ1) is 15.9. The molecule has 1 aromatic carbocycles. The van der Waals surface area contributed by atoms with E-state index in [1.165, 1.54) is 0 Å². The van der Waals surface area contributed by atoms with Crippen LogP contribution in [-0.4, -0.2) is 47.3 Å². The Balaban J connectivity index is 2.48. The lowest BCUT2D eigenvalue weighted by Crippen LogP contribution is -2.36. The molecule has 0 bridgehead atoms. The smallest absolute Gasteiger partial charge is 0.120 e. The average Bonchev–Trinajstić information content (AvgIpc) is 2.38. The van der Waals surface area contributed by atoms with E-state index >= 15 is 0 Å². The van der Waals surface area contributed by atoms with Gasteiger partial charge in [0.1, 0.15) is 17.3 Å². The van der Waals surface area contributed by atoms with Crippen molar-refractivity contribution in [1.29, 1.82) is 0 Å². The van der Waals surface area contributed by atoms with Gasteiger partial charge in [-0.1, -0.05) is 24.4 Å². The number of aliphatic hydroxyl groups excluding tert-OH is 1. The van der Waals surface area contributed by atoms with Gasteiger partial charge in [-0.3, -0.25) is 4.90 Å². The molecule has 0 atom stereocenters. The van der Waals surface area contributed by atoms with Gasteiger partial charge in [-0.05, 0) is 26.0 Å². The monoisotopic (exact) mass is 282 g/mol. The highest BCUT2D eigenvalue weighted by Gasteiger charge is 2.08. The summed E-state index contributed by atoms with van der Waals surface area (Å²) in [5.74, 6) is 0.762. The van der Waals surface area contributed by atoms with Gasteiger partial charge in [-0.15, -0.1) is 0 Å². The molecule has 5 heteroatoms. The summed E-state index contributed by atoms with van der Waals surface area (Å²) in [6.07, 6.45) is 0. The second-order valence-electron chi connectivity index (χ2n) is 4.59. The number of thiocarbonyl (C=S) groups is 1. The maximum Gasteiger partial charge on any atom is 0.120 e. The summed E-state index contributed by atoms with van der Waals surface area (Å²) < 4.78 is 5.69. The Morgan fingerprint density at radius 3 is 2.74 bits per heavy atom. The number of hydrogen-bond donors (Lipinski definition) is 2. The number of ether oxygens (including phenoxy) is 1. The molecular formula is C14H22N2O2S. The van der Waals surface area contributed by atoms with E-state index in [1.807, 2.05) is 24.3 Å². The van der Waals surface area contributed by atoms with Crippen LogP contribution in [0.2, 0.25) is 0 Å². The number of aliphatic hydroxyl groups is 1. The summed E-state index contributed by atoms with van der Waals surface area (Å²) in [7, 11) is 0. The summed E-state index contributed by atoms with van der Waals surface area (Å²) in [4.78, 5) is 2.53. The van der Waals surface area contributed by atoms with Crippen molar-refractivity contribution < 1.29 is 9.84 Å². The minimum Gasteiger partial charge on any atom is -0.492 e. The molecule has 0 amide bonds. The molecule has 0 aromatic heterocycles. The van der Waals surface area contributed by atoms with Crippen molar-refractivity contribution in [2.45, 2.75) is 19.9 Å². The van der Waals surface area contributed by atoms with Gasteiger partial charge in [0, 0.05) is 24.7 Å². The molecule has 3 N–H and O–H groups in total. The van der Waals surface area contributed by atoms with Crippen LogP contribution in [0.5, 0.6) is 5.75 Å². The molecule has 0 aliphatic rings. The standard InChI is InChI=1S/C14H22N2O2S/c1-11(2)16(6-8-17)7-9-18-13-5-3-4-12(10-13)14(15)19/h3-5,10-11,17H,6-9H2,1-2H3,(H2,15,19). The third kappa shape index (κ3) is 5.55. The highest BCUT2D eigenvalue weighted by Crippen LogP contribution is 2.13. The number of nitrogens with zero attached hydrogens (tertiary/aromatic N) is 1. The summed E-state index contributed by atoms with van der Waals surface area (Å²) in [6.45, 7) is 6.36. The van der Waals surface area contributed by atoms with Gasteiger partial charge < -0.3 is 15.6 Å². The van der Waals surface area contributed by atoms with Crippen molar-refractivity contribution in [3.63, 3.8) is 0 Å². The van der Waals surface area contributed by atoms with Crippen LogP contribution in [-0.2, 0) is 0 Å². The first-order valence-electron chi connectivity index (χ1n) is 6.42. The third-order valence-electron chi connectivity index (χ3n) is 2.88. The van der Waals surface area contributed by atoms with Crippen molar-refractivity contribution in [2.24, 2.45) is 5.73 Å². The SMILES string of the molecule is CC(C)N(CCO)CCOc1cccc(C(N)=S)c1. The van der Waals surface area contributed by atoms with Crippen molar-refractivity contribution in [1.82, 2.24) is 4.90 Å². The van der Waals surface area contributed by atoms with E-state index in [4.69, 9.17) is 27.8 Å². The van der Waals surface area contributed by atoms with Crippen molar-refractivity contribution in [3.05, 3.63) is 29.8 Å². The van der Waals surface area contributed by atoms with Crippen LogP contribution in [0.3, 0.4) is 0 Å². The second-order valence-corrected chi connectivity index (χ2v) is 5.03. The fraction of sp³-hybridized carbons (Fsp3) is 0.500. The zero-order chi connectivity index (χ0) is 14.3. The molecule has 0 saturated carbocycles. The maximum atomic E-state index is 8.99. The van der Waals surface area contributed by atoms with Gasteiger partial charge in [-0.2, -0.15) is 0 Å². The number of nitrogens with two attached hydrogens (primary N) is 1. The zero-order valence-corrected chi connectivity index (χ0v) is 12.3. The van der Waals surface area contributed by atoms with Crippen LogP contribution in [0.1, 0.15) is 19.4 Å². The van der Waals surface area contributed by atoms with Crippen LogP contribution >= 0.6 is 12.2 Å². The molecule has 0 saturated heterocycles. The Bertz CT molecular complexity index is 410. The number of hydrogen-bond acceptors (Lipinski definition) is 4. The van der Waals surface area contributed by atoms with E-state index in [1.54, 1.807) is 0 Å². The molecule has 0 aliphatic carbocycles. The van der Waals surface area contributed by atoms with Gasteiger partial charge in [-0.25, -0.2) is 0 Å². The fourth-order valence-corrected chi connectivity index (χ4v) is 1.90. The zero-order valence-electron chi connectivity index (χ0n) is 11.5. The molecule has 0 radical (unpaired) electrons. The van der Waals surface area contributed by atoms with Crippen molar-refractivity contribution >= 4 is 17.2 Å². The van der Waals surface area contributed by atoms with E-state index in [9.17, 15) is 0 Å². The lowest BCUT2D eigenvalue weighted by molar-refractivity contribution is 0.141. The molecule has 1 rings (SSSR count). The molecule has 0 heterocycles. The molecule has 0 unspecified atom stereocenters. The number of benzene rings is 1. The highest BCUT2D eigenvalue weighted by atomic mass is 32.1. The topological polar surface area (TPSA) is 58.7 Å². The minimum absolute atomic E-state index is 0.162. The van der Waals surface area contributed by atoms with Crippen LogP contribution in [0, 0.1) is 0 Å². The lowest BCUT2D eigenvalue weighted by Gasteiger charge is -2.25. The van der Waals surface area contributed by atoms with Gasteiger partial charge in [0.2, 0.25) is 0 Å². The quantitative estimate of drug-likeness (QED) is 0.706. The fourth-order valence-electron chi connectivity index (χ4n) is 1.78. The molecule has 0 fully saturated rings. The Hall–Kier alpha value is -1.17. The summed E-state index contributed by atoms with van der Waals surface area (Å²) in [5.41, 5.74) is 6.39. The van der Waals surface area contributed by atoms with E-state index in [0.29, 0.717) is 24.2 Å². The molecular weight excluding hydrogens is 260 g/mol. The minimum atomic E-state index is 0.162. The molecule has 106 valence electrons. The van der Waals surface area contributed by atoms with Crippen molar-refractivity contribution in [3.8, 4) is 5.75 Å². The van der Waals surface area contributed by atoms with Crippen LogP contribution in [0.25, 0.3) is 0 Å². The van der Waals surface area contributed by atoms with E-state index in [2.05, 4.69) is 18.7 Å². The Morgan fingerprint density at radius 2 is 2.16 bits per heavy atom. The van der Waals surface area contributed by atoms with Gasteiger partial charge >= 0.3 is 0 Å². The van der Waals surface area contributed by atoms with Crippen LogP contribution in [0.4, 0.5) is 0 Å². The number of rotatable bonds is 8. The lowest BCUT2D eigenvalue weighted by atomic mass is 10.2. The maximum absolute atomic E-state index is 8.99. The molecule has 1 aromatic rings. The van der Waals surface area contributed by atoms with Gasteiger partial charge in [0.15, 0.2) is 0 Å². The Morgan fingerprint density at radius 1 is 1.42 bits per heavy atom. The predicted octanol–water partition coefficient (Wildman–Crippen LogP) is 1.40. The van der Waals surface area contributed by atoms with E-state index < -0.39 is 0 Å². The largest absolute Gasteiger partial charge is 0.492 e. The average molecular weight is 282 g/mol. The highest BCUT2D eigenvalue weighted by molar-refractivity contribution is 7.80. The molecule has 0 spiro atoms. The first-order chi connectivity index (χ1) is 9.04.